The lowest BCUT2D eigenvalue weighted by Gasteiger charge is -2.06. The Labute approximate surface area is 72.8 Å². The summed E-state index contributed by atoms with van der Waals surface area (Å²) < 4.78 is 5.17. The Kier molecular flexibility index (Phi) is 3.54. The molecular formula is C9H14N2O. The number of aromatic nitrogens is 1. The van der Waals surface area contributed by atoms with E-state index in [0.717, 1.165) is 24.3 Å². The lowest BCUT2D eigenvalue weighted by Crippen LogP contribution is -2.11. The van der Waals surface area contributed by atoms with Crippen LogP contribution in [0.1, 0.15) is 5.56 Å². The van der Waals surface area contributed by atoms with Gasteiger partial charge in [-0.25, -0.2) is 0 Å². The molecule has 0 unspecified atom stereocenters. The van der Waals surface area contributed by atoms with Crippen LogP contribution in [0.4, 0.5) is 0 Å². The number of nitrogens with zero attached hydrogens (tertiary/aromatic N) is 1. The molecule has 1 rings (SSSR count). The van der Waals surface area contributed by atoms with Crippen molar-refractivity contribution in [2.24, 2.45) is 0 Å². The van der Waals surface area contributed by atoms with Crippen molar-refractivity contribution in [1.29, 1.82) is 0 Å². The molecule has 0 spiro atoms. The smallest absolute Gasteiger partial charge is 0.125 e. The number of methoxy groups -OCH3 is 1. The van der Waals surface area contributed by atoms with Crippen LogP contribution in [-0.4, -0.2) is 25.7 Å². The quantitative estimate of drug-likeness (QED) is 0.720. The molecule has 0 atom stereocenters. The highest BCUT2D eigenvalue weighted by atomic mass is 16.5. The average Bonchev–Trinajstić information content (AvgIpc) is 2.15. The standard InChI is InChI=1S/C9H14N2O/c1-10-5-3-8-7-11-6-4-9(8)12-2/h4,6-7,10H,3,5H2,1-2H3. The molecule has 1 heterocycles. The molecule has 0 amide bonds. The van der Waals surface area contributed by atoms with Gasteiger partial charge in [-0.15, -0.1) is 0 Å². The van der Waals surface area contributed by atoms with Gasteiger partial charge >= 0.3 is 0 Å². The summed E-state index contributed by atoms with van der Waals surface area (Å²) in [6.45, 7) is 0.946. The number of rotatable bonds is 4. The highest BCUT2D eigenvalue weighted by molar-refractivity contribution is 5.30. The molecule has 3 heteroatoms. The molecule has 0 aromatic carbocycles. The highest BCUT2D eigenvalue weighted by Crippen LogP contribution is 2.15. The molecule has 1 aromatic heterocycles. The van der Waals surface area contributed by atoms with Crippen molar-refractivity contribution >= 4 is 0 Å². The van der Waals surface area contributed by atoms with Crippen molar-refractivity contribution in [3.8, 4) is 5.75 Å². The Hall–Kier alpha value is -1.09. The first-order valence-corrected chi connectivity index (χ1v) is 4.00. The number of hydrogen-bond donors (Lipinski definition) is 1. The van der Waals surface area contributed by atoms with Gasteiger partial charge < -0.3 is 10.1 Å². The van der Waals surface area contributed by atoms with Gasteiger partial charge in [-0.2, -0.15) is 0 Å². The van der Waals surface area contributed by atoms with Crippen LogP contribution in [0.25, 0.3) is 0 Å². The van der Waals surface area contributed by atoms with Crippen LogP contribution in [0.2, 0.25) is 0 Å². The van der Waals surface area contributed by atoms with Gasteiger partial charge in [0.1, 0.15) is 5.75 Å². The maximum atomic E-state index is 5.17. The van der Waals surface area contributed by atoms with E-state index in [1.807, 2.05) is 19.3 Å². The zero-order valence-electron chi connectivity index (χ0n) is 7.50. The second-order valence-electron chi connectivity index (χ2n) is 2.54. The number of nitrogens with one attached hydrogen (secondary N) is 1. The topological polar surface area (TPSA) is 34.2 Å². The van der Waals surface area contributed by atoms with Gasteiger partial charge in [0.15, 0.2) is 0 Å². The summed E-state index contributed by atoms with van der Waals surface area (Å²) >= 11 is 0. The van der Waals surface area contributed by atoms with E-state index in [9.17, 15) is 0 Å². The third-order valence-electron chi connectivity index (χ3n) is 1.72. The highest BCUT2D eigenvalue weighted by Gasteiger charge is 1.99. The van der Waals surface area contributed by atoms with Crippen molar-refractivity contribution in [3.63, 3.8) is 0 Å². The second kappa shape index (κ2) is 4.72. The van der Waals surface area contributed by atoms with Gasteiger partial charge in [0.05, 0.1) is 7.11 Å². The maximum Gasteiger partial charge on any atom is 0.125 e. The molecule has 12 heavy (non-hydrogen) atoms. The van der Waals surface area contributed by atoms with E-state index in [0.29, 0.717) is 0 Å². The molecule has 1 aromatic rings. The zero-order chi connectivity index (χ0) is 8.81. The maximum absolute atomic E-state index is 5.17. The van der Waals surface area contributed by atoms with Crippen LogP contribution in [0, 0.1) is 0 Å². The van der Waals surface area contributed by atoms with E-state index >= 15 is 0 Å². The van der Waals surface area contributed by atoms with Gasteiger partial charge in [-0.3, -0.25) is 4.98 Å². The molecule has 0 aliphatic rings. The Morgan fingerprint density at radius 1 is 1.58 bits per heavy atom. The summed E-state index contributed by atoms with van der Waals surface area (Å²) in [5, 5.41) is 3.08. The summed E-state index contributed by atoms with van der Waals surface area (Å²) in [6, 6.07) is 1.88. The molecule has 3 nitrogen and oxygen atoms in total. The van der Waals surface area contributed by atoms with Gasteiger partial charge in [0, 0.05) is 18.0 Å². The average molecular weight is 166 g/mol. The summed E-state index contributed by atoms with van der Waals surface area (Å²) in [6.07, 6.45) is 4.53. The lowest BCUT2D eigenvalue weighted by atomic mass is 10.2. The van der Waals surface area contributed by atoms with E-state index < -0.39 is 0 Å². The predicted molar refractivity (Wildman–Crippen MR) is 48.4 cm³/mol. The summed E-state index contributed by atoms with van der Waals surface area (Å²) in [5.41, 5.74) is 1.15. The third-order valence-corrected chi connectivity index (χ3v) is 1.72. The van der Waals surface area contributed by atoms with Gasteiger partial charge in [0.25, 0.3) is 0 Å². The van der Waals surface area contributed by atoms with E-state index in [4.69, 9.17) is 4.74 Å². The summed E-state index contributed by atoms with van der Waals surface area (Å²) in [7, 11) is 3.61. The molecule has 0 fully saturated rings. The minimum Gasteiger partial charge on any atom is -0.496 e. The van der Waals surface area contributed by atoms with E-state index in [1.54, 1.807) is 13.3 Å². The van der Waals surface area contributed by atoms with Crippen molar-refractivity contribution < 1.29 is 4.74 Å². The number of pyridine rings is 1. The summed E-state index contributed by atoms with van der Waals surface area (Å²) in [5.74, 6) is 0.917. The van der Waals surface area contributed by atoms with Crippen LogP contribution >= 0.6 is 0 Å². The summed E-state index contributed by atoms with van der Waals surface area (Å²) in [4.78, 5) is 4.04. The Balaban J connectivity index is 2.68. The normalized spacial score (nSPS) is 9.83. The molecule has 0 bridgehead atoms. The van der Waals surface area contributed by atoms with Gasteiger partial charge in [-0.05, 0) is 26.1 Å². The molecule has 0 radical (unpaired) electrons. The number of ether oxygens (including phenoxy) is 1. The molecule has 0 saturated carbocycles. The van der Waals surface area contributed by atoms with E-state index in [-0.39, 0.29) is 0 Å². The largest absolute Gasteiger partial charge is 0.496 e. The fourth-order valence-electron chi connectivity index (χ4n) is 1.06. The number of likely N-dealkylation sites (N-methyl/N-ethyl adjacent to an activating group) is 1. The molecular weight excluding hydrogens is 152 g/mol. The lowest BCUT2D eigenvalue weighted by molar-refractivity contribution is 0.408. The van der Waals surface area contributed by atoms with Crippen LogP contribution < -0.4 is 10.1 Å². The van der Waals surface area contributed by atoms with Crippen molar-refractivity contribution in [1.82, 2.24) is 10.3 Å². The first-order valence-electron chi connectivity index (χ1n) is 4.00. The first-order chi connectivity index (χ1) is 5.88. The third kappa shape index (κ3) is 2.20. The Morgan fingerprint density at radius 2 is 2.42 bits per heavy atom. The van der Waals surface area contributed by atoms with Crippen LogP contribution in [0.15, 0.2) is 18.5 Å². The molecule has 0 aliphatic carbocycles. The predicted octanol–water partition coefficient (Wildman–Crippen LogP) is 0.852. The molecule has 0 saturated heterocycles. The zero-order valence-corrected chi connectivity index (χ0v) is 7.50. The Morgan fingerprint density at radius 3 is 3.08 bits per heavy atom. The fourth-order valence-corrected chi connectivity index (χ4v) is 1.06. The minimum atomic E-state index is 0.917. The van der Waals surface area contributed by atoms with Crippen LogP contribution in [0.3, 0.4) is 0 Å². The first kappa shape index (κ1) is 9.00. The van der Waals surface area contributed by atoms with Crippen molar-refractivity contribution in [2.75, 3.05) is 20.7 Å². The molecule has 1 N–H and O–H groups in total. The van der Waals surface area contributed by atoms with Crippen LogP contribution in [0.5, 0.6) is 5.75 Å². The Bertz CT molecular complexity index is 238. The van der Waals surface area contributed by atoms with Crippen LogP contribution in [-0.2, 0) is 6.42 Å². The number of hydrogen-bond acceptors (Lipinski definition) is 3. The fraction of sp³-hybridized carbons (Fsp3) is 0.444. The van der Waals surface area contributed by atoms with E-state index in [2.05, 4.69) is 10.3 Å². The van der Waals surface area contributed by atoms with Gasteiger partial charge in [0.2, 0.25) is 0 Å². The SMILES string of the molecule is CNCCc1cnccc1OC. The molecule has 66 valence electrons. The van der Waals surface area contributed by atoms with Gasteiger partial charge in [-0.1, -0.05) is 0 Å². The minimum absolute atomic E-state index is 0.917. The van der Waals surface area contributed by atoms with Crippen molar-refractivity contribution in [3.05, 3.63) is 24.0 Å². The second-order valence-corrected chi connectivity index (χ2v) is 2.54. The van der Waals surface area contributed by atoms with Crippen molar-refractivity contribution in [2.45, 2.75) is 6.42 Å². The van der Waals surface area contributed by atoms with E-state index in [1.165, 1.54) is 0 Å². The molecule has 0 aliphatic heterocycles. The monoisotopic (exact) mass is 166 g/mol.